The van der Waals surface area contributed by atoms with Crippen molar-refractivity contribution in [2.24, 2.45) is 0 Å². The number of unbranched alkanes of at least 4 members (excludes halogenated alkanes) is 1. The Morgan fingerprint density at radius 1 is 1.19 bits per heavy atom. The summed E-state index contributed by atoms with van der Waals surface area (Å²) in [5.74, 6) is 0.740. The average molecular weight is 422 g/mol. The molecule has 1 unspecified atom stereocenters. The van der Waals surface area contributed by atoms with Crippen LogP contribution in [-0.4, -0.2) is 0 Å². The molecule has 2 rings (SSSR count). The van der Waals surface area contributed by atoms with Gasteiger partial charge in [-0.25, -0.2) is 0 Å². The van der Waals surface area contributed by atoms with E-state index in [-0.39, 0.29) is 34.0 Å². The maximum atomic E-state index is 2.38. The first-order valence-corrected chi connectivity index (χ1v) is 6.58. The van der Waals surface area contributed by atoms with Gasteiger partial charge in [-0.15, -0.1) is 0 Å². The van der Waals surface area contributed by atoms with Crippen molar-refractivity contribution < 1.29 is 58.7 Å². The summed E-state index contributed by atoms with van der Waals surface area (Å²) in [6, 6.07) is 8.84. The zero-order chi connectivity index (χ0) is 9.97. The summed E-state index contributed by atoms with van der Waals surface area (Å²) < 4.78 is 1.63. The maximum Gasteiger partial charge on any atom is -1.00 e. The Bertz CT molecular complexity index is 361. The van der Waals surface area contributed by atoms with E-state index in [9.17, 15) is 0 Å². The quantitative estimate of drug-likeness (QED) is 0.523. The summed E-state index contributed by atoms with van der Waals surface area (Å²) in [7, 11) is 0. The molecule has 1 aliphatic rings. The molecule has 0 saturated carbocycles. The minimum absolute atomic E-state index is 0. The Morgan fingerprint density at radius 2 is 1.88 bits per heavy atom. The molecule has 0 N–H and O–H groups in total. The minimum Gasteiger partial charge on any atom is -1.00 e. The Balaban J connectivity index is 0.00000112. The van der Waals surface area contributed by atoms with Gasteiger partial charge in [-0.05, 0) is 0 Å². The molecule has 1 aromatic carbocycles. The van der Waals surface area contributed by atoms with Crippen molar-refractivity contribution in [2.45, 2.75) is 32.1 Å². The number of rotatable bonds is 3. The van der Waals surface area contributed by atoms with Gasteiger partial charge in [0, 0.05) is 0 Å². The molecule has 0 fully saturated rings. The molecule has 0 nitrogen and oxygen atoms in total. The minimum atomic E-state index is 0. The fourth-order valence-corrected chi connectivity index (χ4v) is 3.23. The van der Waals surface area contributed by atoms with Gasteiger partial charge in [0.2, 0.25) is 0 Å². The van der Waals surface area contributed by atoms with E-state index in [1.165, 1.54) is 24.8 Å². The van der Waals surface area contributed by atoms with Crippen LogP contribution in [0.15, 0.2) is 27.5 Å². The van der Waals surface area contributed by atoms with E-state index in [4.69, 9.17) is 0 Å². The summed E-state index contributed by atoms with van der Waals surface area (Å²) in [6.07, 6.45) is 6.38. The second-order valence-electron chi connectivity index (χ2n) is 3.92. The maximum absolute atomic E-state index is 2.38. The molecule has 16 heavy (non-hydrogen) atoms. The first-order valence-electron chi connectivity index (χ1n) is 5.35. The van der Waals surface area contributed by atoms with Crippen molar-refractivity contribution in [1.82, 2.24) is 0 Å². The third-order valence-electron chi connectivity index (χ3n) is 2.90. The van der Waals surface area contributed by atoms with Gasteiger partial charge in [0.15, 0.2) is 0 Å². The molecule has 1 aliphatic carbocycles. The number of hydrogen-bond acceptors (Lipinski definition) is 0. The molecular formula is C13H15Br2Zr. The number of benzene rings is 1. The van der Waals surface area contributed by atoms with E-state index < -0.39 is 0 Å². The van der Waals surface area contributed by atoms with Crippen LogP contribution in [-0.2, 0) is 24.7 Å². The number of halogens is 2. The second kappa shape index (κ2) is 8.00. The van der Waals surface area contributed by atoms with Crippen LogP contribution in [0, 0.1) is 0 Å². The molecule has 0 aromatic heterocycles. The first-order chi connectivity index (χ1) is 6.83. The van der Waals surface area contributed by atoms with Crippen LogP contribution in [0.1, 0.15) is 43.2 Å². The van der Waals surface area contributed by atoms with E-state index in [0.29, 0.717) is 0 Å². The van der Waals surface area contributed by atoms with Crippen molar-refractivity contribution in [2.75, 3.05) is 0 Å². The molecule has 0 bridgehead atoms. The predicted molar refractivity (Wildman–Crippen MR) is 56.7 cm³/mol. The standard InChI is InChI=1S/C13H15.2BrH.Zr/c1-2-3-6-11-9-10-12-7-4-5-8-13(11)12;;;/h4-5,7-8,10-11H,2-3,6H2,1H3;2*1H;/q;;;+2/p-2. The molecule has 3 heteroatoms. The summed E-state index contributed by atoms with van der Waals surface area (Å²) in [6.45, 7) is 2.27. The third-order valence-corrected chi connectivity index (χ3v) is 4.12. The molecule has 0 saturated heterocycles. The molecule has 0 heterocycles. The van der Waals surface area contributed by atoms with Crippen LogP contribution < -0.4 is 34.0 Å². The zero-order valence-corrected chi connectivity index (χ0v) is 15.0. The van der Waals surface area contributed by atoms with Gasteiger partial charge in [-0.1, -0.05) is 0 Å². The normalized spacial score (nSPS) is 16.9. The number of hydrogen-bond donors (Lipinski definition) is 0. The number of allylic oxidation sites excluding steroid dienone is 1. The molecule has 0 amide bonds. The number of fused-ring (bicyclic) bond motifs is 1. The van der Waals surface area contributed by atoms with Crippen molar-refractivity contribution in [3.05, 3.63) is 38.7 Å². The molecule has 0 spiro atoms. The first kappa shape index (κ1) is 16.8. The van der Waals surface area contributed by atoms with E-state index in [2.05, 4.69) is 37.3 Å². The van der Waals surface area contributed by atoms with Crippen LogP contribution in [0.25, 0.3) is 6.08 Å². The molecule has 1 atom stereocenters. The van der Waals surface area contributed by atoms with Gasteiger partial charge in [-0.3, -0.25) is 0 Å². The van der Waals surface area contributed by atoms with Crippen molar-refractivity contribution in [3.8, 4) is 0 Å². The van der Waals surface area contributed by atoms with Crippen LogP contribution in [0.4, 0.5) is 0 Å². The summed E-state index contributed by atoms with van der Waals surface area (Å²) in [5.41, 5.74) is 3.02. The topological polar surface area (TPSA) is 0 Å². The molecule has 1 aromatic rings. The molecule has 0 aliphatic heterocycles. The van der Waals surface area contributed by atoms with E-state index in [1.807, 2.05) is 0 Å². The van der Waals surface area contributed by atoms with E-state index in [0.717, 1.165) is 5.92 Å². The van der Waals surface area contributed by atoms with Crippen molar-refractivity contribution >= 4 is 6.08 Å². The van der Waals surface area contributed by atoms with Gasteiger partial charge < -0.3 is 34.0 Å². The zero-order valence-electron chi connectivity index (χ0n) is 9.34. The largest absolute Gasteiger partial charge is 1.00 e. The van der Waals surface area contributed by atoms with Crippen LogP contribution in [0.2, 0.25) is 0 Å². The second-order valence-corrected chi connectivity index (χ2v) is 5.34. The van der Waals surface area contributed by atoms with Crippen molar-refractivity contribution in [3.63, 3.8) is 0 Å². The van der Waals surface area contributed by atoms with Gasteiger partial charge in [0.25, 0.3) is 0 Å². The Hall–Kier alpha value is 0.803. The molecule has 85 valence electrons. The Morgan fingerprint density at radius 3 is 2.56 bits per heavy atom. The predicted octanol–water partition coefficient (Wildman–Crippen LogP) is -2.13. The Labute approximate surface area is 134 Å². The van der Waals surface area contributed by atoms with Crippen LogP contribution in [0.5, 0.6) is 0 Å². The third kappa shape index (κ3) is 3.65. The van der Waals surface area contributed by atoms with Gasteiger partial charge >= 0.3 is 102 Å². The monoisotopic (exact) mass is 419 g/mol. The molecule has 0 radical (unpaired) electrons. The van der Waals surface area contributed by atoms with Gasteiger partial charge in [0.1, 0.15) is 0 Å². The summed E-state index contributed by atoms with van der Waals surface area (Å²) >= 11 is 1.59. The smallest absolute Gasteiger partial charge is 1.00 e. The Kier molecular flexibility index (Phi) is 8.40. The fraction of sp³-hybridized carbons (Fsp3) is 0.385. The van der Waals surface area contributed by atoms with Crippen molar-refractivity contribution in [1.29, 1.82) is 0 Å². The van der Waals surface area contributed by atoms with Gasteiger partial charge in [0.05, 0.1) is 0 Å². The van der Waals surface area contributed by atoms with E-state index in [1.54, 1.807) is 33.6 Å². The summed E-state index contributed by atoms with van der Waals surface area (Å²) in [5, 5.41) is 0. The van der Waals surface area contributed by atoms with Crippen LogP contribution >= 0.6 is 0 Å². The average Bonchev–Trinajstić information content (AvgIpc) is 2.51. The van der Waals surface area contributed by atoms with Crippen LogP contribution in [0.3, 0.4) is 0 Å². The van der Waals surface area contributed by atoms with E-state index >= 15 is 0 Å². The molecular weight excluding hydrogens is 407 g/mol. The fourth-order valence-electron chi connectivity index (χ4n) is 2.11. The summed E-state index contributed by atoms with van der Waals surface area (Å²) in [4.78, 5) is 0. The van der Waals surface area contributed by atoms with Gasteiger partial charge in [-0.2, -0.15) is 0 Å². The SMILES string of the molecule is CCCCC1[C]([Zr+2])=Cc2ccccc21.[Br-].[Br-].